The minimum absolute atomic E-state index is 0.144. The molecule has 0 saturated heterocycles. The molecule has 8 heteroatoms. The average molecular weight is 436 g/mol. The monoisotopic (exact) mass is 435 g/mol. The third-order valence-corrected chi connectivity index (χ3v) is 6.63. The molecular formula is C23H25N5O2S. The zero-order valence-corrected chi connectivity index (χ0v) is 18.6. The molecule has 1 atom stereocenters. The number of fused-ring (bicyclic) bond motifs is 3. The van der Waals surface area contributed by atoms with E-state index in [1.165, 1.54) is 4.88 Å². The molecule has 0 spiro atoms. The normalized spacial score (nSPS) is 15.5. The van der Waals surface area contributed by atoms with Crippen LogP contribution in [0, 0.1) is 20.8 Å². The van der Waals surface area contributed by atoms with Crippen LogP contribution in [0.25, 0.3) is 11.1 Å². The maximum absolute atomic E-state index is 11.6. The van der Waals surface area contributed by atoms with Gasteiger partial charge in [0.2, 0.25) is 0 Å². The fourth-order valence-electron chi connectivity index (χ4n) is 3.76. The molecule has 0 radical (unpaired) electrons. The Morgan fingerprint density at radius 2 is 1.97 bits per heavy atom. The molecule has 0 bridgehead atoms. The van der Waals surface area contributed by atoms with Gasteiger partial charge in [0.25, 0.3) is 0 Å². The van der Waals surface area contributed by atoms with E-state index in [1.54, 1.807) is 11.3 Å². The number of carboxylic acids is 1. The molecule has 31 heavy (non-hydrogen) atoms. The SMILES string of the molecule is Cc1sc2c(c1C)C(c1ccc(/C=C/CCN)cc1)=N[C@H](CC(=O)O)c1nnc(C)n1-2. The first-order valence-electron chi connectivity index (χ1n) is 10.2. The van der Waals surface area contributed by atoms with Gasteiger partial charge in [-0.05, 0) is 44.9 Å². The fraction of sp³-hybridized carbons (Fsp3) is 0.304. The van der Waals surface area contributed by atoms with Crippen LogP contribution in [0.4, 0.5) is 0 Å². The number of aliphatic imine (C=N–C) groups is 1. The Morgan fingerprint density at radius 3 is 2.65 bits per heavy atom. The molecule has 0 fully saturated rings. The maximum atomic E-state index is 11.6. The second-order valence-corrected chi connectivity index (χ2v) is 8.80. The molecule has 0 aliphatic carbocycles. The second-order valence-electron chi connectivity index (χ2n) is 7.60. The molecule has 1 aromatic carbocycles. The number of aliphatic carboxylic acids is 1. The van der Waals surface area contributed by atoms with Crippen molar-refractivity contribution in [2.75, 3.05) is 6.54 Å². The van der Waals surface area contributed by atoms with Crippen LogP contribution in [-0.4, -0.2) is 38.1 Å². The largest absolute Gasteiger partial charge is 0.481 e. The van der Waals surface area contributed by atoms with E-state index >= 15 is 0 Å². The van der Waals surface area contributed by atoms with Crippen LogP contribution in [0.15, 0.2) is 35.3 Å². The van der Waals surface area contributed by atoms with Crippen LogP contribution in [0.1, 0.15) is 57.7 Å². The van der Waals surface area contributed by atoms with Crippen molar-refractivity contribution in [1.29, 1.82) is 0 Å². The zero-order valence-electron chi connectivity index (χ0n) is 17.8. The number of benzene rings is 1. The molecule has 0 amide bonds. The molecule has 1 aliphatic rings. The number of thiophene rings is 1. The Bertz CT molecular complexity index is 1190. The van der Waals surface area contributed by atoms with E-state index in [4.69, 9.17) is 10.7 Å². The minimum Gasteiger partial charge on any atom is -0.481 e. The van der Waals surface area contributed by atoms with Crippen LogP contribution in [0.2, 0.25) is 0 Å². The average Bonchev–Trinajstić information content (AvgIpc) is 3.21. The summed E-state index contributed by atoms with van der Waals surface area (Å²) in [6, 6.07) is 7.54. The highest BCUT2D eigenvalue weighted by molar-refractivity contribution is 7.15. The molecule has 4 rings (SSSR count). The molecule has 3 heterocycles. The summed E-state index contributed by atoms with van der Waals surface area (Å²) in [6.07, 6.45) is 4.80. The van der Waals surface area contributed by atoms with Crippen molar-refractivity contribution in [3.05, 3.63) is 69.1 Å². The highest BCUT2D eigenvalue weighted by Crippen LogP contribution is 2.39. The number of nitrogens with zero attached hydrogens (tertiary/aromatic N) is 4. The lowest BCUT2D eigenvalue weighted by molar-refractivity contribution is -0.137. The van der Waals surface area contributed by atoms with Crippen molar-refractivity contribution >= 4 is 29.1 Å². The first-order valence-corrected chi connectivity index (χ1v) is 11.0. The van der Waals surface area contributed by atoms with E-state index in [2.05, 4.69) is 36.2 Å². The van der Waals surface area contributed by atoms with Gasteiger partial charge in [-0.25, -0.2) is 0 Å². The first kappa shape index (κ1) is 21.1. The lowest BCUT2D eigenvalue weighted by atomic mass is 9.98. The van der Waals surface area contributed by atoms with Gasteiger partial charge in [0.15, 0.2) is 5.82 Å². The van der Waals surface area contributed by atoms with Gasteiger partial charge in [-0.15, -0.1) is 21.5 Å². The molecule has 3 N–H and O–H groups in total. The highest BCUT2D eigenvalue weighted by atomic mass is 32.1. The third-order valence-electron chi connectivity index (χ3n) is 5.44. The summed E-state index contributed by atoms with van der Waals surface area (Å²) in [7, 11) is 0. The number of carboxylic acid groups (broad SMARTS) is 1. The van der Waals surface area contributed by atoms with Crippen LogP contribution in [0.3, 0.4) is 0 Å². The minimum atomic E-state index is -0.918. The van der Waals surface area contributed by atoms with Crippen LogP contribution in [0.5, 0.6) is 0 Å². The Morgan fingerprint density at radius 1 is 1.23 bits per heavy atom. The number of hydrogen-bond donors (Lipinski definition) is 2. The van der Waals surface area contributed by atoms with Crippen LogP contribution < -0.4 is 5.73 Å². The van der Waals surface area contributed by atoms with Gasteiger partial charge in [0.1, 0.15) is 16.9 Å². The van der Waals surface area contributed by atoms with Gasteiger partial charge >= 0.3 is 5.97 Å². The number of carbonyl (C=O) groups is 1. The van der Waals surface area contributed by atoms with Gasteiger partial charge < -0.3 is 10.8 Å². The van der Waals surface area contributed by atoms with Crippen molar-refractivity contribution in [3.63, 3.8) is 0 Å². The van der Waals surface area contributed by atoms with Gasteiger partial charge in [-0.1, -0.05) is 36.4 Å². The number of rotatable bonds is 6. The zero-order chi connectivity index (χ0) is 22.1. The van der Waals surface area contributed by atoms with Gasteiger partial charge in [0.05, 0.1) is 12.1 Å². The van der Waals surface area contributed by atoms with E-state index in [0.717, 1.165) is 45.2 Å². The topological polar surface area (TPSA) is 106 Å². The predicted molar refractivity (Wildman–Crippen MR) is 123 cm³/mol. The lowest BCUT2D eigenvalue weighted by Crippen LogP contribution is -2.10. The molecule has 2 aromatic heterocycles. The van der Waals surface area contributed by atoms with Crippen molar-refractivity contribution < 1.29 is 9.90 Å². The van der Waals surface area contributed by atoms with E-state index in [0.29, 0.717) is 12.4 Å². The Hall–Kier alpha value is -3.10. The molecule has 7 nitrogen and oxygen atoms in total. The summed E-state index contributed by atoms with van der Waals surface area (Å²) in [6.45, 7) is 6.68. The van der Waals surface area contributed by atoms with Crippen molar-refractivity contribution in [2.45, 2.75) is 39.7 Å². The summed E-state index contributed by atoms with van der Waals surface area (Å²) in [5.41, 5.74) is 10.5. The predicted octanol–water partition coefficient (Wildman–Crippen LogP) is 3.98. The standard InChI is InChI=1S/C23H25N5O2S/c1-13-14(2)31-23-20(13)21(17-9-7-16(8-10-17)6-4-5-11-24)25-18(12-19(29)30)22-27-26-15(3)28(22)23/h4,6-10,18H,5,11-12,24H2,1-3H3,(H,29,30)/b6-4+/t18-/m1/s1. The van der Waals surface area contributed by atoms with Crippen molar-refractivity contribution in [1.82, 2.24) is 14.8 Å². The number of aromatic nitrogens is 3. The van der Waals surface area contributed by atoms with Gasteiger partial charge in [0, 0.05) is 16.0 Å². The van der Waals surface area contributed by atoms with E-state index in [9.17, 15) is 9.90 Å². The summed E-state index contributed by atoms with van der Waals surface area (Å²) >= 11 is 1.66. The molecule has 160 valence electrons. The number of nitrogens with two attached hydrogens (primary N) is 1. The number of aryl methyl sites for hydroxylation is 2. The van der Waals surface area contributed by atoms with E-state index < -0.39 is 12.0 Å². The molecule has 1 aliphatic heterocycles. The number of hydrogen-bond acceptors (Lipinski definition) is 6. The smallest absolute Gasteiger partial charge is 0.306 e. The quantitative estimate of drug-likeness (QED) is 0.609. The summed E-state index contributed by atoms with van der Waals surface area (Å²) in [5, 5.41) is 19.0. The molecular weight excluding hydrogens is 410 g/mol. The molecule has 0 unspecified atom stereocenters. The van der Waals surface area contributed by atoms with Crippen LogP contribution >= 0.6 is 11.3 Å². The summed E-state index contributed by atoms with van der Waals surface area (Å²) in [5.74, 6) is 0.377. The molecule has 0 saturated carbocycles. The Balaban J connectivity index is 1.88. The second kappa shape index (κ2) is 8.56. The van der Waals surface area contributed by atoms with E-state index in [-0.39, 0.29) is 6.42 Å². The van der Waals surface area contributed by atoms with Crippen molar-refractivity contribution in [3.8, 4) is 5.00 Å². The summed E-state index contributed by atoms with van der Waals surface area (Å²) in [4.78, 5) is 17.7. The van der Waals surface area contributed by atoms with Gasteiger partial charge in [-0.2, -0.15) is 0 Å². The van der Waals surface area contributed by atoms with Crippen LogP contribution in [-0.2, 0) is 4.79 Å². The highest BCUT2D eigenvalue weighted by Gasteiger charge is 2.32. The Labute approximate surface area is 185 Å². The Kier molecular flexibility index (Phi) is 5.84. The van der Waals surface area contributed by atoms with E-state index in [1.807, 2.05) is 35.8 Å². The maximum Gasteiger partial charge on any atom is 0.306 e. The third kappa shape index (κ3) is 3.96. The summed E-state index contributed by atoms with van der Waals surface area (Å²) < 4.78 is 1.97. The van der Waals surface area contributed by atoms with Gasteiger partial charge in [-0.3, -0.25) is 14.4 Å². The fourth-order valence-corrected chi connectivity index (χ4v) is 4.97. The molecule has 3 aromatic rings. The first-order chi connectivity index (χ1) is 14.9. The lowest BCUT2D eigenvalue weighted by Gasteiger charge is -2.11. The van der Waals surface area contributed by atoms with Crippen molar-refractivity contribution in [2.24, 2.45) is 10.7 Å².